The Labute approximate surface area is 203 Å². The van der Waals surface area contributed by atoms with Crippen LogP contribution in [0.3, 0.4) is 0 Å². The number of nitrogens with zero attached hydrogens (tertiary/aromatic N) is 2. The Morgan fingerprint density at radius 3 is 2.47 bits per heavy atom. The van der Waals surface area contributed by atoms with E-state index < -0.39 is 41.1 Å². The molecule has 8 heteroatoms. The number of likely N-dealkylation sites (tertiary alicyclic amines) is 1. The molecular weight excluding hydrogens is 436 g/mol. The van der Waals surface area contributed by atoms with Crippen molar-refractivity contribution in [1.82, 2.24) is 9.80 Å². The molecule has 2 amide bonds. The molecule has 3 aliphatic rings. The van der Waals surface area contributed by atoms with E-state index in [1.807, 2.05) is 13.8 Å². The van der Waals surface area contributed by atoms with Crippen molar-refractivity contribution in [3.8, 4) is 0 Å². The van der Waals surface area contributed by atoms with E-state index in [1.54, 1.807) is 15.9 Å². The summed E-state index contributed by atoms with van der Waals surface area (Å²) in [6.07, 6.45) is 4.92. The van der Waals surface area contributed by atoms with Gasteiger partial charge in [0.1, 0.15) is 11.6 Å². The first-order valence-electron chi connectivity index (χ1n) is 12.5. The minimum atomic E-state index is -1.10. The third-order valence-corrected chi connectivity index (χ3v) is 7.65. The molecule has 192 valence electrons. The van der Waals surface area contributed by atoms with Crippen LogP contribution < -0.4 is 0 Å². The van der Waals surface area contributed by atoms with Gasteiger partial charge in [0, 0.05) is 25.2 Å². The summed E-state index contributed by atoms with van der Waals surface area (Å²) in [6, 6.07) is -0.854. The second-order valence-corrected chi connectivity index (χ2v) is 12.0. The molecule has 3 saturated heterocycles. The van der Waals surface area contributed by atoms with E-state index in [9.17, 15) is 19.5 Å². The number of carboxylic acids is 1. The molecule has 8 nitrogen and oxygen atoms in total. The Morgan fingerprint density at radius 1 is 1.24 bits per heavy atom. The zero-order valence-electron chi connectivity index (χ0n) is 21.4. The van der Waals surface area contributed by atoms with Gasteiger partial charge in [-0.2, -0.15) is 0 Å². The number of ether oxygens (including phenoxy) is 1. The van der Waals surface area contributed by atoms with Gasteiger partial charge in [-0.15, -0.1) is 6.58 Å². The number of aliphatic hydroxyl groups excluding tert-OH is 1. The van der Waals surface area contributed by atoms with Crippen molar-refractivity contribution in [2.45, 2.75) is 96.4 Å². The lowest BCUT2D eigenvalue weighted by Crippen LogP contribution is -2.61. The van der Waals surface area contributed by atoms with E-state index in [-0.39, 0.29) is 23.8 Å². The number of carbonyl (C=O) groups is 3. The number of fused-ring (bicyclic) bond motifs is 1. The van der Waals surface area contributed by atoms with Gasteiger partial charge < -0.3 is 24.7 Å². The Morgan fingerprint density at radius 2 is 1.91 bits per heavy atom. The van der Waals surface area contributed by atoms with Crippen molar-refractivity contribution in [3.05, 3.63) is 12.7 Å². The molecule has 0 radical (unpaired) electrons. The zero-order valence-corrected chi connectivity index (χ0v) is 21.4. The Bertz CT molecular complexity index is 819. The van der Waals surface area contributed by atoms with Crippen LogP contribution in [0.15, 0.2) is 12.7 Å². The van der Waals surface area contributed by atoms with E-state index in [0.29, 0.717) is 38.8 Å². The van der Waals surface area contributed by atoms with Gasteiger partial charge in [-0.25, -0.2) is 0 Å². The van der Waals surface area contributed by atoms with Crippen molar-refractivity contribution in [2.75, 3.05) is 19.7 Å². The van der Waals surface area contributed by atoms with Crippen LogP contribution >= 0.6 is 0 Å². The summed E-state index contributed by atoms with van der Waals surface area (Å²) < 4.78 is 6.30. The molecule has 5 atom stereocenters. The molecule has 2 N–H and O–H groups in total. The van der Waals surface area contributed by atoms with E-state index in [4.69, 9.17) is 9.84 Å². The van der Waals surface area contributed by atoms with Gasteiger partial charge in [0.2, 0.25) is 11.8 Å². The normalized spacial score (nSPS) is 30.5. The Hall–Kier alpha value is -1.93. The number of aliphatic hydroxyl groups is 1. The maximum absolute atomic E-state index is 14.3. The molecule has 3 aliphatic heterocycles. The maximum atomic E-state index is 14.3. The van der Waals surface area contributed by atoms with Crippen LogP contribution in [0.4, 0.5) is 0 Å². The monoisotopic (exact) mass is 478 g/mol. The lowest BCUT2D eigenvalue weighted by molar-refractivity contribution is -0.153. The quantitative estimate of drug-likeness (QED) is 0.349. The predicted octanol–water partition coefficient (Wildman–Crippen LogP) is 2.84. The van der Waals surface area contributed by atoms with Crippen LogP contribution in [0.25, 0.3) is 0 Å². The zero-order chi connectivity index (χ0) is 25.5. The van der Waals surface area contributed by atoms with Crippen LogP contribution in [-0.4, -0.2) is 80.8 Å². The molecule has 3 fully saturated rings. The van der Waals surface area contributed by atoms with Crippen LogP contribution in [0.2, 0.25) is 0 Å². The fraction of sp³-hybridized carbons (Fsp3) is 0.808. The second-order valence-electron chi connectivity index (χ2n) is 12.0. The molecular formula is C26H42N2O6. The summed E-state index contributed by atoms with van der Waals surface area (Å²) in [4.78, 5) is 43.5. The average Bonchev–Trinajstić information content (AvgIpc) is 3.34. The van der Waals surface area contributed by atoms with Gasteiger partial charge in [-0.3, -0.25) is 14.4 Å². The number of aliphatic carboxylic acids is 1. The standard InChI is InChI=1S/C26H42N2O6/c1-7-13-28(25(5,6)16-24(2,3)4)22(31)20-26-12-11-17(34-26)18(23(32)33)19(26)21(30)27(20)14-9-8-10-15-29/h7,17-20,29H,1,8-16H2,2-6H3,(H,32,33)/t17-,18+,19-,20?,26?/m0/s1. The number of hydrogen-bond donors (Lipinski definition) is 2. The number of unbranched alkanes of at least 4 members (excludes halogenated alkanes) is 2. The fourth-order valence-electron chi connectivity index (χ4n) is 6.83. The topological polar surface area (TPSA) is 107 Å². The number of amides is 2. The van der Waals surface area contributed by atoms with Gasteiger partial charge in [-0.05, 0) is 57.8 Å². The maximum Gasteiger partial charge on any atom is 0.310 e. The van der Waals surface area contributed by atoms with Gasteiger partial charge in [0.05, 0.1) is 17.9 Å². The summed E-state index contributed by atoms with van der Waals surface area (Å²) in [5.74, 6) is -3.28. The lowest BCUT2D eigenvalue weighted by atomic mass is 9.70. The molecule has 3 rings (SSSR count). The largest absolute Gasteiger partial charge is 0.481 e. The molecule has 0 aromatic heterocycles. The second kappa shape index (κ2) is 9.61. The minimum absolute atomic E-state index is 0.0315. The van der Waals surface area contributed by atoms with Crippen molar-refractivity contribution in [1.29, 1.82) is 0 Å². The van der Waals surface area contributed by atoms with Crippen molar-refractivity contribution >= 4 is 17.8 Å². The summed E-state index contributed by atoms with van der Waals surface area (Å²) in [7, 11) is 0. The van der Waals surface area contributed by atoms with E-state index in [1.165, 1.54) is 0 Å². The predicted molar refractivity (Wildman–Crippen MR) is 128 cm³/mol. The third-order valence-electron chi connectivity index (χ3n) is 7.65. The fourth-order valence-corrected chi connectivity index (χ4v) is 6.83. The summed E-state index contributed by atoms with van der Waals surface area (Å²) >= 11 is 0. The van der Waals surface area contributed by atoms with Crippen molar-refractivity contribution in [2.24, 2.45) is 17.3 Å². The number of carboxylic acid groups (broad SMARTS) is 1. The van der Waals surface area contributed by atoms with E-state index >= 15 is 0 Å². The first-order valence-corrected chi connectivity index (χ1v) is 12.5. The van der Waals surface area contributed by atoms with Crippen LogP contribution in [0.1, 0.15) is 73.1 Å². The SMILES string of the molecule is C=CCN(C(=O)C1N(CCCCCO)C(=O)[C@@H]2[C@H](C(=O)O)[C@@H]3CCC12O3)C(C)(C)CC(C)(C)C. The molecule has 2 bridgehead atoms. The third kappa shape index (κ3) is 4.63. The first kappa shape index (κ1) is 26.7. The molecule has 0 aliphatic carbocycles. The van der Waals surface area contributed by atoms with Gasteiger partial charge in [0.15, 0.2) is 0 Å². The Kier molecular flexibility index (Phi) is 7.54. The highest BCUT2D eigenvalue weighted by Crippen LogP contribution is 2.58. The highest BCUT2D eigenvalue weighted by atomic mass is 16.5. The molecule has 0 aromatic carbocycles. The first-order chi connectivity index (χ1) is 15.8. The number of carbonyl (C=O) groups excluding carboxylic acids is 2. The van der Waals surface area contributed by atoms with Crippen molar-refractivity contribution < 1.29 is 29.3 Å². The van der Waals surface area contributed by atoms with Crippen LogP contribution in [0, 0.1) is 17.3 Å². The summed E-state index contributed by atoms with van der Waals surface area (Å²) in [5, 5.41) is 19.1. The molecule has 1 spiro atoms. The number of hydrogen-bond acceptors (Lipinski definition) is 5. The molecule has 3 heterocycles. The Balaban J connectivity index is 2.01. The molecule has 2 unspecified atom stereocenters. The van der Waals surface area contributed by atoms with Crippen LogP contribution in [0.5, 0.6) is 0 Å². The lowest BCUT2D eigenvalue weighted by Gasteiger charge is -2.45. The summed E-state index contributed by atoms with van der Waals surface area (Å²) in [5.41, 5.74) is -1.64. The molecule has 0 aromatic rings. The molecule has 0 saturated carbocycles. The van der Waals surface area contributed by atoms with Gasteiger partial charge >= 0.3 is 5.97 Å². The average molecular weight is 479 g/mol. The van der Waals surface area contributed by atoms with Gasteiger partial charge in [0.25, 0.3) is 0 Å². The minimum Gasteiger partial charge on any atom is -0.481 e. The van der Waals surface area contributed by atoms with E-state index in [0.717, 1.165) is 12.8 Å². The van der Waals surface area contributed by atoms with Crippen molar-refractivity contribution in [3.63, 3.8) is 0 Å². The smallest absolute Gasteiger partial charge is 0.310 e. The highest BCUT2D eigenvalue weighted by molar-refractivity contribution is 5.98. The molecule has 34 heavy (non-hydrogen) atoms. The van der Waals surface area contributed by atoms with Crippen LogP contribution in [-0.2, 0) is 19.1 Å². The summed E-state index contributed by atoms with van der Waals surface area (Å²) in [6.45, 7) is 15.1. The van der Waals surface area contributed by atoms with Gasteiger partial charge in [-0.1, -0.05) is 26.8 Å². The number of rotatable bonds is 11. The highest BCUT2D eigenvalue weighted by Gasteiger charge is 2.75. The van der Waals surface area contributed by atoms with E-state index in [2.05, 4.69) is 27.4 Å².